The highest BCUT2D eigenvalue weighted by molar-refractivity contribution is 6.29. The predicted molar refractivity (Wildman–Crippen MR) is 76.9 cm³/mol. The van der Waals surface area contributed by atoms with Gasteiger partial charge in [-0.05, 0) is 25.0 Å². The van der Waals surface area contributed by atoms with Crippen molar-refractivity contribution in [2.24, 2.45) is 5.92 Å². The Kier molecular flexibility index (Phi) is 4.79. The van der Waals surface area contributed by atoms with Gasteiger partial charge >= 0.3 is 0 Å². The van der Waals surface area contributed by atoms with Crippen LogP contribution in [0.1, 0.15) is 23.2 Å². The van der Waals surface area contributed by atoms with E-state index in [4.69, 9.17) is 11.6 Å². The number of halogens is 1. The number of aromatic nitrogens is 1. The lowest BCUT2D eigenvalue weighted by Gasteiger charge is -2.08. The zero-order valence-corrected chi connectivity index (χ0v) is 12.0. The standard InChI is InChI=1S/C13H17ClN4O2/c1-15-11-7-9(6-10(14)18-11)13(20)17-5-4-16-12(19)8-2-3-8/h6-8H,2-5H2,1H3,(H,15,18)(H,16,19)(H,17,20). The lowest BCUT2D eigenvalue weighted by Crippen LogP contribution is -2.35. The highest BCUT2D eigenvalue weighted by atomic mass is 35.5. The average Bonchev–Trinajstić information content (AvgIpc) is 3.26. The molecule has 1 fully saturated rings. The highest BCUT2D eigenvalue weighted by Gasteiger charge is 2.28. The van der Waals surface area contributed by atoms with Crippen LogP contribution >= 0.6 is 11.6 Å². The minimum atomic E-state index is -0.244. The Morgan fingerprint density at radius 3 is 2.65 bits per heavy atom. The molecule has 0 atom stereocenters. The largest absolute Gasteiger partial charge is 0.373 e. The summed E-state index contributed by atoms with van der Waals surface area (Å²) in [4.78, 5) is 27.3. The molecule has 1 aromatic rings. The van der Waals surface area contributed by atoms with Gasteiger partial charge in [0.15, 0.2) is 0 Å². The van der Waals surface area contributed by atoms with Gasteiger partial charge in [-0.1, -0.05) is 11.6 Å². The molecule has 0 spiro atoms. The summed E-state index contributed by atoms with van der Waals surface area (Å²) in [5.74, 6) is 0.544. The molecule has 2 amide bonds. The highest BCUT2D eigenvalue weighted by Crippen LogP contribution is 2.28. The Morgan fingerprint density at radius 2 is 2.00 bits per heavy atom. The molecule has 0 aliphatic heterocycles. The summed E-state index contributed by atoms with van der Waals surface area (Å²) < 4.78 is 0. The summed E-state index contributed by atoms with van der Waals surface area (Å²) in [6.45, 7) is 0.810. The van der Waals surface area contributed by atoms with E-state index in [1.807, 2.05) is 0 Å². The average molecular weight is 297 g/mol. The SMILES string of the molecule is CNc1cc(C(=O)NCCNC(=O)C2CC2)cc(Cl)n1. The van der Waals surface area contributed by atoms with Crippen molar-refractivity contribution in [2.45, 2.75) is 12.8 Å². The van der Waals surface area contributed by atoms with Crippen molar-refractivity contribution < 1.29 is 9.59 Å². The van der Waals surface area contributed by atoms with Crippen molar-refractivity contribution in [1.82, 2.24) is 15.6 Å². The minimum Gasteiger partial charge on any atom is -0.373 e. The number of nitrogens with zero attached hydrogens (tertiary/aromatic N) is 1. The van der Waals surface area contributed by atoms with E-state index in [0.29, 0.717) is 24.5 Å². The molecule has 0 saturated heterocycles. The van der Waals surface area contributed by atoms with Crippen LogP contribution in [0.3, 0.4) is 0 Å². The molecule has 1 aromatic heterocycles. The number of pyridine rings is 1. The quantitative estimate of drug-likeness (QED) is 0.541. The van der Waals surface area contributed by atoms with E-state index in [1.165, 1.54) is 6.07 Å². The summed E-state index contributed by atoms with van der Waals surface area (Å²) in [5.41, 5.74) is 0.433. The van der Waals surface area contributed by atoms with Crippen LogP contribution in [0.25, 0.3) is 0 Å². The molecule has 2 rings (SSSR count). The van der Waals surface area contributed by atoms with Gasteiger partial charge < -0.3 is 16.0 Å². The van der Waals surface area contributed by atoms with Crippen LogP contribution in [0.4, 0.5) is 5.82 Å². The molecule has 1 aliphatic carbocycles. The molecule has 1 saturated carbocycles. The topological polar surface area (TPSA) is 83.1 Å². The van der Waals surface area contributed by atoms with Crippen LogP contribution < -0.4 is 16.0 Å². The van der Waals surface area contributed by atoms with Crippen molar-refractivity contribution in [3.63, 3.8) is 0 Å². The molecular formula is C13H17ClN4O2. The number of amides is 2. The Hall–Kier alpha value is -1.82. The number of nitrogens with one attached hydrogen (secondary N) is 3. The monoisotopic (exact) mass is 296 g/mol. The smallest absolute Gasteiger partial charge is 0.251 e. The summed E-state index contributed by atoms with van der Waals surface area (Å²) in [7, 11) is 1.70. The normalized spacial score (nSPS) is 13.7. The third-order valence-electron chi connectivity index (χ3n) is 2.97. The van der Waals surface area contributed by atoms with Crippen LogP contribution in [-0.4, -0.2) is 36.9 Å². The third-order valence-corrected chi connectivity index (χ3v) is 3.16. The third kappa shape index (κ3) is 4.09. The predicted octanol–water partition coefficient (Wildman–Crippen LogP) is 1.03. The van der Waals surface area contributed by atoms with Crippen molar-refractivity contribution in [3.05, 3.63) is 22.8 Å². The number of anilines is 1. The van der Waals surface area contributed by atoms with Gasteiger partial charge in [0.25, 0.3) is 5.91 Å². The lowest BCUT2D eigenvalue weighted by atomic mass is 10.2. The maximum Gasteiger partial charge on any atom is 0.251 e. The maximum absolute atomic E-state index is 11.9. The van der Waals surface area contributed by atoms with E-state index in [0.717, 1.165) is 12.8 Å². The minimum absolute atomic E-state index is 0.0728. The fourth-order valence-electron chi connectivity index (χ4n) is 1.71. The van der Waals surface area contributed by atoms with Crippen molar-refractivity contribution in [1.29, 1.82) is 0 Å². The number of hydrogen-bond donors (Lipinski definition) is 3. The Bertz CT molecular complexity index is 517. The molecule has 7 heteroatoms. The Labute approximate surface area is 122 Å². The number of hydrogen-bond acceptors (Lipinski definition) is 4. The fraction of sp³-hybridized carbons (Fsp3) is 0.462. The first-order chi connectivity index (χ1) is 9.60. The van der Waals surface area contributed by atoms with E-state index < -0.39 is 0 Å². The van der Waals surface area contributed by atoms with Crippen LogP contribution in [0.15, 0.2) is 12.1 Å². The van der Waals surface area contributed by atoms with Crippen molar-refractivity contribution in [2.75, 3.05) is 25.5 Å². The summed E-state index contributed by atoms with van der Waals surface area (Å²) in [5, 5.41) is 8.59. The van der Waals surface area contributed by atoms with Gasteiger partial charge in [-0.15, -0.1) is 0 Å². The zero-order chi connectivity index (χ0) is 14.5. The number of carbonyl (C=O) groups excluding carboxylic acids is 2. The van der Waals surface area contributed by atoms with Gasteiger partial charge in [0, 0.05) is 31.6 Å². The van der Waals surface area contributed by atoms with Crippen molar-refractivity contribution in [3.8, 4) is 0 Å². The number of rotatable bonds is 6. The first-order valence-corrected chi connectivity index (χ1v) is 6.89. The van der Waals surface area contributed by atoms with Gasteiger partial charge in [-0.25, -0.2) is 4.98 Å². The fourth-order valence-corrected chi connectivity index (χ4v) is 1.92. The molecule has 108 valence electrons. The molecule has 1 aliphatic rings. The van der Waals surface area contributed by atoms with Crippen molar-refractivity contribution >= 4 is 29.2 Å². The maximum atomic E-state index is 11.9. The second-order valence-electron chi connectivity index (χ2n) is 4.63. The summed E-state index contributed by atoms with van der Waals surface area (Å²) >= 11 is 5.83. The summed E-state index contributed by atoms with van der Waals surface area (Å²) in [6.07, 6.45) is 1.95. The van der Waals surface area contributed by atoms with Gasteiger partial charge in [-0.3, -0.25) is 9.59 Å². The van der Waals surface area contributed by atoms with Gasteiger partial charge in [-0.2, -0.15) is 0 Å². The van der Waals surface area contributed by atoms with Gasteiger partial charge in [0.2, 0.25) is 5.91 Å². The molecule has 0 aromatic carbocycles. The Balaban J connectivity index is 1.79. The van der Waals surface area contributed by atoms with Gasteiger partial charge in [0.05, 0.1) is 0 Å². The molecule has 0 unspecified atom stereocenters. The van der Waals surface area contributed by atoms with E-state index in [9.17, 15) is 9.59 Å². The molecule has 0 radical (unpaired) electrons. The lowest BCUT2D eigenvalue weighted by molar-refractivity contribution is -0.122. The molecule has 6 nitrogen and oxygen atoms in total. The van der Waals surface area contributed by atoms with E-state index in [-0.39, 0.29) is 22.9 Å². The summed E-state index contributed by atoms with van der Waals surface area (Å²) in [6, 6.07) is 3.12. The zero-order valence-electron chi connectivity index (χ0n) is 11.2. The molecule has 3 N–H and O–H groups in total. The van der Waals surface area contributed by atoms with E-state index >= 15 is 0 Å². The molecular weight excluding hydrogens is 280 g/mol. The van der Waals surface area contributed by atoms with Crippen LogP contribution in [0, 0.1) is 5.92 Å². The molecule has 1 heterocycles. The van der Waals surface area contributed by atoms with E-state index in [1.54, 1.807) is 13.1 Å². The molecule has 20 heavy (non-hydrogen) atoms. The van der Waals surface area contributed by atoms with E-state index in [2.05, 4.69) is 20.9 Å². The first-order valence-electron chi connectivity index (χ1n) is 6.51. The van der Waals surface area contributed by atoms with Crippen LogP contribution in [-0.2, 0) is 4.79 Å². The van der Waals surface area contributed by atoms with Crippen LogP contribution in [0.2, 0.25) is 5.15 Å². The Morgan fingerprint density at radius 1 is 1.30 bits per heavy atom. The van der Waals surface area contributed by atoms with Gasteiger partial charge in [0.1, 0.15) is 11.0 Å². The number of carbonyl (C=O) groups is 2. The molecule has 0 bridgehead atoms. The second kappa shape index (κ2) is 6.56. The van der Waals surface area contributed by atoms with Crippen LogP contribution in [0.5, 0.6) is 0 Å². The first kappa shape index (κ1) is 14.6. The second-order valence-corrected chi connectivity index (χ2v) is 5.02.